The van der Waals surface area contributed by atoms with Crippen LogP contribution in [0.25, 0.3) is 0 Å². The van der Waals surface area contributed by atoms with Gasteiger partial charge < -0.3 is 20.5 Å². The van der Waals surface area contributed by atoms with E-state index in [0.717, 1.165) is 6.26 Å². The number of carboxylic acid groups (broad SMARTS) is 1. The van der Waals surface area contributed by atoms with Gasteiger partial charge >= 0.3 is 18.0 Å². The van der Waals surface area contributed by atoms with Crippen LogP contribution in [0.1, 0.15) is 12.8 Å². The van der Waals surface area contributed by atoms with Crippen molar-refractivity contribution in [2.45, 2.75) is 18.9 Å². The summed E-state index contributed by atoms with van der Waals surface area (Å²) in [5.74, 6) is -1.87. The number of aliphatic carboxylic acids is 1. The first-order chi connectivity index (χ1) is 9.65. The highest BCUT2D eigenvalue weighted by atomic mass is 32.2. The van der Waals surface area contributed by atoms with E-state index in [1.807, 2.05) is 0 Å². The summed E-state index contributed by atoms with van der Waals surface area (Å²) in [4.78, 5) is 33.2. The van der Waals surface area contributed by atoms with E-state index >= 15 is 0 Å². The summed E-state index contributed by atoms with van der Waals surface area (Å²) < 4.78 is 28.0. The number of esters is 1. The van der Waals surface area contributed by atoms with Crippen LogP contribution in [-0.4, -0.2) is 64.0 Å². The summed E-state index contributed by atoms with van der Waals surface area (Å²) in [7, 11) is -2.17. The molecule has 0 unspecified atom stereocenters. The first-order valence-corrected chi connectivity index (χ1v) is 7.83. The maximum absolute atomic E-state index is 11.4. The average Bonchev–Trinajstić information content (AvgIpc) is 2.37. The molecule has 0 rings (SSSR count). The maximum Gasteiger partial charge on any atom is 0.326 e. The van der Waals surface area contributed by atoms with Crippen molar-refractivity contribution in [3.63, 3.8) is 0 Å². The number of ether oxygens (including phenoxy) is 1. The summed E-state index contributed by atoms with van der Waals surface area (Å²) in [5, 5.41) is 13.3. The van der Waals surface area contributed by atoms with Crippen LogP contribution in [0.3, 0.4) is 0 Å². The molecule has 122 valence electrons. The molecular weight excluding hydrogens is 306 g/mol. The molecule has 0 radical (unpaired) electrons. The molecule has 0 aromatic carbocycles. The Hall–Kier alpha value is -1.88. The Balaban J connectivity index is 4.12. The Bertz CT molecular complexity index is 477. The van der Waals surface area contributed by atoms with Crippen molar-refractivity contribution in [1.82, 2.24) is 15.4 Å². The van der Waals surface area contributed by atoms with Crippen molar-refractivity contribution in [1.29, 1.82) is 0 Å². The number of amides is 2. The van der Waals surface area contributed by atoms with Crippen LogP contribution < -0.4 is 15.4 Å². The molecule has 0 aromatic rings. The fourth-order valence-corrected chi connectivity index (χ4v) is 1.72. The van der Waals surface area contributed by atoms with Gasteiger partial charge in [0, 0.05) is 19.5 Å². The molecule has 11 heteroatoms. The van der Waals surface area contributed by atoms with Crippen molar-refractivity contribution in [2.24, 2.45) is 0 Å². The van der Waals surface area contributed by atoms with Gasteiger partial charge in [-0.05, 0) is 6.42 Å². The van der Waals surface area contributed by atoms with Gasteiger partial charge in [0.2, 0.25) is 10.0 Å². The molecular formula is C10H19N3O7S. The van der Waals surface area contributed by atoms with Gasteiger partial charge in [-0.15, -0.1) is 0 Å². The normalized spacial score (nSPS) is 12.3. The maximum atomic E-state index is 11.4. The van der Waals surface area contributed by atoms with Gasteiger partial charge in [0.25, 0.3) is 0 Å². The van der Waals surface area contributed by atoms with E-state index in [1.165, 1.54) is 7.11 Å². The third-order valence-electron chi connectivity index (χ3n) is 2.24. The lowest BCUT2D eigenvalue weighted by Gasteiger charge is -2.14. The summed E-state index contributed by atoms with van der Waals surface area (Å²) in [6.07, 6.45) is 0.709. The zero-order chi connectivity index (χ0) is 16.5. The summed E-state index contributed by atoms with van der Waals surface area (Å²) >= 11 is 0. The zero-order valence-electron chi connectivity index (χ0n) is 11.7. The molecule has 21 heavy (non-hydrogen) atoms. The Labute approximate surface area is 122 Å². The van der Waals surface area contributed by atoms with Gasteiger partial charge in [0.15, 0.2) is 0 Å². The average molecular weight is 325 g/mol. The summed E-state index contributed by atoms with van der Waals surface area (Å²) in [6, 6.07) is -2.02. The van der Waals surface area contributed by atoms with E-state index in [9.17, 15) is 22.8 Å². The molecule has 0 saturated carbocycles. The second-order valence-electron chi connectivity index (χ2n) is 4.07. The predicted octanol–water partition coefficient (Wildman–Crippen LogP) is -1.76. The number of carbonyl (C=O) groups is 3. The topological polar surface area (TPSA) is 151 Å². The minimum absolute atomic E-state index is 0.0117. The Kier molecular flexibility index (Phi) is 8.31. The predicted molar refractivity (Wildman–Crippen MR) is 72.1 cm³/mol. The van der Waals surface area contributed by atoms with E-state index in [-0.39, 0.29) is 25.9 Å². The zero-order valence-corrected chi connectivity index (χ0v) is 12.5. The van der Waals surface area contributed by atoms with E-state index < -0.39 is 34.0 Å². The number of carbonyl (C=O) groups excluding carboxylic acids is 2. The van der Waals surface area contributed by atoms with Gasteiger partial charge in [-0.3, -0.25) is 4.79 Å². The molecule has 1 atom stereocenters. The molecule has 0 bridgehead atoms. The van der Waals surface area contributed by atoms with Crippen molar-refractivity contribution in [3.8, 4) is 0 Å². The molecule has 0 heterocycles. The third kappa shape index (κ3) is 10.6. The number of hydrogen-bond acceptors (Lipinski definition) is 6. The lowest BCUT2D eigenvalue weighted by atomic mass is 10.1. The number of rotatable bonds is 9. The first-order valence-electron chi connectivity index (χ1n) is 5.94. The minimum Gasteiger partial charge on any atom is -0.480 e. The lowest BCUT2D eigenvalue weighted by molar-refractivity contribution is -0.142. The Morgan fingerprint density at radius 1 is 1.24 bits per heavy atom. The van der Waals surface area contributed by atoms with Crippen LogP contribution in [0.2, 0.25) is 0 Å². The standard InChI is InChI=1S/C10H19N3O7S/c1-20-8(14)4-3-7(9(15)16)13-10(17)11-5-6-12-21(2,18)19/h7,12H,3-6H2,1-2H3,(H,15,16)(H2,11,13,17)/t7-/m0/s1. The smallest absolute Gasteiger partial charge is 0.326 e. The summed E-state index contributed by atoms with van der Waals surface area (Å²) in [6.45, 7) is -0.0333. The number of urea groups is 1. The highest BCUT2D eigenvalue weighted by molar-refractivity contribution is 7.88. The van der Waals surface area contributed by atoms with Gasteiger partial charge in [-0.25, -0.2) is 22.7 Å². The van der Waals surface area contributed by atoms with Crippen LogP contribution in [0.4, 0.5) is 4.79 Å². The molecule has 0 spiro atoms. The van der Waals surface area contributed by atoms with Gasteiger partial charge in [-0.2, -0.15) is 0 Å². The largest absolute Gasteiger partial charge is 0.480 e. The van der Waals surface area contributed by atoms with Crippen LogP contribution in [0.5, 0.6) is 0 Å². The van der Waals surface area contributed by atoms with E-state index in [2.05, 4.69) is 20.1 Å². The fraction of sp³-hybridized carbons (Fsp3) is 0.700. The van der Waals surface area contributed by atoms with E-state index in [0.29, 0.717) is 0 Å². The minimum atomic E-state index is -3.35. The molecule has 0 aliphatic heterocycles. The fourth-order valence-electron chi connectivity index (χ4n) is 1.24. The lowest BCUT2D eigenvalue weighted by Crippen LogP contribution is -2.47. The van der Waals surface area contributed by atoms with Crippen LogP contribution in [-0.2, 0) is 24.3 Å². The Morgan fingerprint density at radius 2 is 1.86 bits per heavy atom. The first kappa shape index (κ1) is 19.1. The second kappa shape index (κ2) is 9.13. The Morgan fingerprint density at radius 3 is 2.33 bits per heavy atom. The number of hydrogen-bond donors (Lipinski definition) is 4. The van der Waals surface area contributed by atoms with Gasteiger partial charge in [-0.1, -0.05) is 0 Å². The molecule has 4 N–H and O–H groups in total. The quantitative estimate of drug-likeness (QED) is 0.289. The van der Waals surface area contributed by atoms with Crippen molar-refractivity contribution in [2.75, 3.05) is 26.5 Å². The van der Waals surface area contributed by atoms with E-state index in [1.54, 1.807) is 0 Å². The van der Waals surface area contributed by atoms with Crippen molar-refractivity contribution >= 4 is 28.0 Å². The van der Waals surface area contributed by atoms with Crippen molar-refractivity contribution < 1.29 is 32.6 Å². The molecule has 0 fully saturated rings. The van der Waals surface area contributed by atoms with E-state index in [4.69, 9.17) is 5.11 Å². The SMILES string of the molecule is COC(=O)CC[C@H](NC(=O)NCCNS(C)(=O)=O)C(=O)O. The van der Waals surface area contributed by atoms with Crippen molar-refractivity contribution in [3.05, 3.63) is 0 Å². The number of carboxylic acids is 1. The number of nitrogens with one attached hydrogen (secondary N) is 3. The second-order valence-corrected chi connectivity index (χ2v) is 5.91. The van der Waals surface area contributed by atoms with Crippen LogP contribution >= 0.6 is 0 Å². The molecule has 10 nitrogen and oxygen atoms in total. The highest BCUT2D eigenvalue weighted by Gasteiger charge is 2.21. The number of methoxy groups -OCH3 is 1. The van der Waals surface area contributed by atoms with Gasteiger partial charge in [0.05, 0.1) is 13.4 Å². The highest BCUT2D eigenvalue weighted by Crippen LogP contribution is 1.99. The number of sulfonamides is 1. The van der Waals surface area contributed by atoms with Gasteiger partial charge in [0.1, 0.15) is 6.04 Å². The molecule has 0 saturated heterocycles. The van der Waals surface area contributed by atoms with Crippen LogP contribution in [0.15, 0.2) is 0 Å². The third-order valence-corrected chi connectivity index (χ3v) is 2.97. The summed E-state index contributed by atoms with van der Waals surface area (Å²) in [5.41, 5.74) is 0. The van der Waals surface area contributed by atoms with Crippen LogP contribution in [0, 0.1) is 0 Å². The molecule has 2 amide bonds. The molecule has 0 aliphatic rings. The molecule has 0 aliphatic carbocycles. The monoisotopic (exact) mass is 325 g/mol. The molecule has 0 aromatic heterocycles.